The molecule has 2 nitrogen and oxygen atoms in total. The van der Waals surface area contributed by atoms with Crippen molar-refractivity contribution in [2.45, 2.75) is 26.1 Å². The van der Waals surface area contributed by atoms with Gasteiger partial charge in [-0.25, -0.2) is 8.78 Å². The van der Waals surface area contributed by atoms with Gasteiger partial charge in [0.1, 0.15) is 11.6 Å². The molecular weight excluding hydrogens is 358 g/mol. The molecule has 0 spiro atoms. The maximum absolute atomic E-state index is 12.9. The molecule has 28 heavy (non-hydrogen) atoms. The molecule has 0 saturated heterocycles. The van der Waals surface area contributed by atoms with E-state index in [0.717, 1.165) is 35.1 Å². The van der Waals surface area contributed by atoms with Gasteiger partial charge in [-0.1, -0.05) is 37.4 Å². The fourth-order valence-electron chi connectivity index (χ4n) is 3.16. The summed E-state index contributed by atoms with van der Waals surface area (Å²) in [7, 11) is 0. The van der Waals surface area contributed by atoms with Gasteiger partial charge in [-0.3, -0.25) is 0 Å². The second-order valence-corrected chi connectivity index (χ2v) is 6.77. The van der Waals surface area contributed by atoms with Gasteiger partial charge < -0.3 is 9.47 Å². The SMILES string of the molecule is C=C1C(=C)C(CCOCc2ccc(F)cc2)=C1CCOCc1ccc(F)cc1. The lowest BCUT2D eigenvalue weighted by molar-refractivity contribution is 0.120. The van der Waals surface area contributed by atoms with E-state index in [9.17, 15) is 8.78 Å². The zero-order valence-electron chi connectivity index (χ0n) is 15.8. The fraction of sp³-hybridized carbons (Fsp3) is 0.250. The lowest BCUT2D eigenvalue weighted by atomic mass is 9.76. The average Bonchev–Trinajstić information content (AvgIpc) is 2.71. The predicted octanol–water partition coefficient (Wildman–Crippen LogP) is 5.90. The topological polar surface area (TPSA) is 18.5 Å². The van der Waals surface area contributed by atoms with Crippen molar-refractivity contribution in [3.05, 3.63) is 107 Å². The van der Waals surface area contributed by atoms with Gasteiger partial charge in [-0.05, 0) is 70.5 Å². The van der Waals surface area contributed by atoms with Crippen LogP contribution in [0.4, 0.5) is 8.78 Å². The molecule has 0 N–H and O–H groups in total. The van der Waals surface area contributed by atoms with E-state index < -0.39 is 0 Å². The number of ether oxygens (including phenoxy) is 2. The van der Waals surface area contributed by atoms with Crippen LogP contribution in [-0.2, 0) is 22.7 Å². The van der Waals surface area contributed by atoms with Crippen molar-refractivity contribution in [3.63, 3.8) is 0 Å². The standard InChI is InChI=1S/C24H24F2O2/c1-17-18(2)24(12-14-28-16-20-5-9-22(26)10-6-20)23(17)11-13-27-15-19-3-7-21(25)8-4-19/h3-10H,1-2,11-16H2. The number of allylic oxidation sites excluding steroid dienone is 2. The van der Waals surface area contributed by atoms with Gasteiger partial charge in [0.25, 0.3) is 0 Å². The summed E-state index contributed by atoms with van der Waals surface area (Å²) >= 11 is 0. The van der Waals surface area contributed by atoms with Crippen LogP contribution in [0.25, 0.3) is 0 Å². The molecule has 1 aliphatic rings. The maximum atomic E-state index is 12.9. The second kappa shape index (κ2) is 9.58. The number of benzene rings is 2. The first-order valence-electron chi connectivity index (χ1n) is 9.30. The lowest BCUT2D eigenvalue weighted by Gasteiger charge is -2.29. The largest absolute Gasteiger partial charge is 0.376 e. The van der Waals surface area contributed by atoms with E-state index in [1.165, 1.54) is 35.4 Å². The Labute approximate surface area is 164 Å². The smallest absolute Gasteiger partial charge is 0.123 e. The highest BCUT2D eigenvalue weighted by molar-refractivity contribution is 5.67. The van der Waals surface area contributed by atoms with Gasteiger partial charge in [0, 0.05) is 0 Å². The zero-order chi connectivity index (χ0) is 19.9. The molecule has 1 aliphatic carbocycles. The molecule has 0 unspecified atom stereocenters. The summed E-state index contributed by atoms with van der Waals surface area (Å²) in [5, 5.41) is 0. The molecular formula is C24H24F2O2. The monoisotopic (exact) mass is 382 g/mol. The van der Waals surface area contributed by atoms with Gasteiger partial charge >= 0.3 is 0 Å². The predicted molar refractivity (Wildman–Crippen MR) is 107 cm³/mol. The molecule has 0 aliphatic heterocycles. The van der Waals surface area contributed by atoms with Crippen LogP contribution >= 0.6 is 0 Å². The van der Waals surface area contributed by atoms with E-state index in [1.807, 2.05) is 0 Å². The summed E-state index contributed by atoms with van der Waals surface area (Å²) in [5.74, 6) is -0.492. The first kappa shape index (κ1) is 20.2. The molecule has 0 heterocycles. The molecule has 3 rings (SSSR count). The molecule has 0 atom stereocenters. The van der Waals surface area contributed by atoms with Crippen LogP contribution < -0.4 is 0 Å². The Morgan fingerprint density at radius 2 is 0.964 bits per heavy atom. The number of hydrogen-bond donors (Lipinski definition) is 0. The fourth-order valence-corrected chi connectivity index (χ4v) is 3.16. The first-order valence-corrected chi connectivity index (χ1v) is 9.30. The van der Waals surface area contributed by atoms with Crippen molar-refractivity contribution in [2.24, 2.45) is 0 Å². The summed E-state index contributed by atoms with van der Waals surface area (Å²) in [4.78, 5) is 0. The van der Waals surface area contributed by atoms with Crippen LogP contribution in [0.3, 0.4) is 0 Å². The highest BCUT2D eigenvalue weighted by atomic mass is 19.1. The minimum absolute atomic E-state index is 0.246. The molecule has 146 valence electrons. The Bertz CT molecular complexity index is 791. The average molecular weight is 382 g/mol. The van der Waals surface area contributed by atoms with Crippen molar-refractivity contribution in [1.82, 2.24) is 0 Å². The summed E-state index contributed by atoms with van der Waals surface area (Å²) < 4.78 is 37.2. The number of rotatable bonds is 10. The highest BCUT2D eigenvalue weighted by Gasteiger charge is 2.25. The minimum atomic E-state index is -0.246. The van der Waals surface area contributed by atoms with Crippen molar-refractivity contribution < 1.29 is 18.3 Å². The molecule has 0 saturated carbocycles. The second-order valence-electron chi connectivity index (χ2n) is 6.77. The Morgan fingerprint density at radius 3 is 1.32 bits per heavy atom. The molecule has 2 aromatic carbocycles. The summed E-state index contributed by atoms with van der Waals surface area (Å²) in [5.41, 5.74) is 6.24. The van der Waals surface area contributed by atoms with E-state index in [2.05, 4.69) is 13.2 Å². The van der Waals surface area contributed by atoms with Crippen LogP contribution in [0.5, 0.6) is 0 Å². The van der Waals surface area contributed by atoms with Gasteiger partial charge in [0.15, 0.2) is 0 Å². The van der Waals surface area contributed by atoms with Crippen molar-refractivity contribution in [2.75, 3.05) is 13.2 Å². The summed E-state index contributed by atoms with van der Waals surface area (Å²) in [6.45, 7) is 10.2. The van der Waals surface area contributed by atoms with Gasteiger partial charge in [-0.15, -0.1) is 0 Å². The Hall–Kier alpha value is -2.56. The molecule has 0 radical (unpaired) electrons. The summed E-state index contributed by atoms with van der Waals surface area (Å²) in [6, 6.07) is 12.6. The lowest BCUT2D eigenvalue weighted by Crippen LogP contribution is -2.15. The van der Waals surface area contributed by atoms with E-state index in [0.29, 0.717) is 26.4 Å². The molecule has 0 aromatic heterocycles. The molecule has 4 heteroatoms. The Balaban J connectivity index is 1.41. The third kappa shape index (κ3) is 5.24. The van der Waals surface area contributed by atoms with E-state index in [-0.39, 0.29) is 11.6 Å². The van der Waals surface area contributed by atoms with Gasteiger partial charge in [-0.2, -0.15) is 0 Å². The normalized spacial score (nSPS) is 13.8. The van der Waals surface area contributed by atoms with Crippen LogP contribution in [0, 0.1) is 11.6 Å². The maximum Gasteiger partial charge on any atom is 0.123 e. The van der Waals surface area contributed by atoms with E-state index in [4.69, 9.17) is 9.47 Å². The number of hydrogen-bond acceptors (Lipinski definition) is 2. The Kier molecular flexibility index (Phi) is 6.90. The molecule has 0 fully saturated rings. The van der Waals surface area contributed by atoms with E-state index >= 15 is 0 Å². The van der Waals surface area contributed by atoms with Gasteiger partial charge in [0.2, 0.25) is 0 Å². The first-order chi connectivity index (χ1) is 13.5. The highest BCUT2D eigenvalue weighted by Crippen LogP contribution is 2.41. The van der Waals surface area contributed by atoms with Crippen LogP contribution in [0.1, 0.15) is 24.0 Å². The van der Waals surface area contributed by atoms with E-state index in [1.54, 1.807) is 24.3 Å². The van der Waals surface area contributed by atoms with Crippen molar-refractivity contribution >= 4 is 0 Å². The third-order valence-corrected chi connectivity index (χ3v) is 4.81. The quantitative estimate of drug-likeness (QED) is 0.476. The minimum Gasteiger partial charge on any atom is -0.376 e. The molecule has 2 aromatic rings. The Morgan fingerprint density at radius 1 is 0.607 bits per heavy atom. The van der Waals surface area contributed by atoms with Crippen LogP contribution in [0.2, 0.25) is 0 Å². The van der Waals surface area contributed by atoms with Crippen LogP contribution in [-0.4, -0.2) is 13.2 Å². The summed E-state index contributed by atoms with van der Waals surface area (Å²) in [6.07, 6.45) is 1.54. The van der Waals surface area contributed by atoms with Crippen LogP contribution in [0.15, 0.2) is 84.0 Å². The third-order valence-electron chi connectivity index (χ3n) is 4.81. The van der Waals surface area contributed by atoms with Crippen molar-refractivity contribution in [1.29, 1.82) is 0 Å². The molecule has 0 bridgehead atoms. The number of halogens is 2. The van der Waals surface area contributed by atoms with Gasteiger partial charge in [0.05, 0.1) is 26.4 Å². The molecule has 0 amide bonds. The van der Waals surface area contributed by atoms with Crippen molar-refractivity contribution in [3.8, 4) is 0 Å². The zero-order valence-corrected chi connectivity index (χ0v) is 15.8.